The van der Waals surface area contributed by atoms with Crippen LogP contribution in [0.4, 0.5) is 0 Å². The Morgan fingerprint density at radius 2 is 2.00 bits per heavy atom. The average molecular weight is 249 g/mol. The Hall–Kier alpha value is -0.830. The molecule has 0 unspecified atom stereocenters. The first-order chi connectivity index (χ1) is 8.30. The second-order valence-corrected chi connectivity index (χ2v) is 7.13. The summed E-state index contributed by atoms with van der Waals surface area (Å²) in [7, 11) is 2.05. The number of hydrogen-bond acceptors (Lipinski definition) is 2. The lowest BCUT2D eigenvalue weighted by molar-refractivity contribution is 0.132. The Balaban J connectivity index is 1.97. The van der Waals surface area contributed by atoms with Gasteiger partial charge in [0.1, 0.15) is 5.82 Å². The Kier molecular flexibility index (Phi) is 3.54. The van der Waals surface area contributed by atoms with Crippen LogP contribution in [0, 0.1) is 11.3 Å². The Morgan fingerprint density at radius 3 is 2.44 bits per heavy atom. The molecule has 0 aromatic carbocycles. The molecule has 0 spiro atoms. The van der Waals surface area contributed by atoms with E-state index in [-0.39, 0.29) is 5.54 Å². The molecule has 2 N–H and O–H groups in total. The first-order valence-electron chi connectivity index (χ1n) is 7.05. The van der Waals surface area contributed by atoms with E-state index < -0.39 is 0 Å². The van der Waals surface area contributed by atoms with Crippen LogP contribution in [-0.4, -0.2) is 15.1 Å². The summed E-state index contributed by atoms with van der Waals surface area (Å²) in [6.07, 6.45) is 9.53. The molecule has 0 bridgehead atoms. The summed E-state index contributed by atoms with van der Waals surface area (Å²) in [5, 5.41) is 0. The van der Waals surface area contributed by atoms with Crippen LogP contribution in [0.2, 0.25) is 0 Å². The predicted molar refractivity (Wildman–Crippen MR) is 75.2 cm³/mol. The quantitative estimate of drug-likeness (QED) is 0.876. The highest BCUT2D eigenvalue weighted by molar-refractivity contribution is 5.02. The van der Waals surface area contributed by atoms with E-state index in [1.807, 2.05) is 19.4 Å². The van der Waals surface area contributed by atoms with Gasteiger partial charge in [-0.3, -0.25) is 0 Å². The largest absolute Gasteiger partial charge is 0.338 e. The second kappa shape index (κ2) is 4.69. The number of imidazole rings is 1. The predicted octanol–water partition coefficient (Wildman–Crippen LogP) is 2.90. The molecule has 3 nitrogen and oxygen atoms in total. The number of aryl methyl sites for hydroxylation is 1. The molecule has 0 amide bonds. The van der Waals surface area contributed by atoms with Gasteiger partial charge in [-0.1, -0.05) is 20.8 Å². The van der Waals surface area contributed by atoms with Crippen LogP contribution in [0.25, 0.3) is 0 Å². The molecule has 2 rings (SSSR count). The molecular weight excluding hydrogens is 222 g/mol. The topological polar surface area (TPSA) is 43.8 Å². The molecule has 3 heteroatoms. The molecule has 102 valence electrons. The second-order valence-electron chi connectivity index (χ2n) is 7.13. The zero-order valence-corrected chi connectivity index (χ0v) is 12.2. The minimum atomic E-state index is -0.0408. The summed E-state index contributed by atoms with van der Waals surface area (Å²) in [4.78, 5) is 4.41. The molecule has 1 saturated carbocycles. The fraction of sp³-hybridized carbons (Fsp3) is 0.800. The van der Waals surface area contributed by atoms with Gasteiger partial charge in [0.15, 0.2) is 0 Å². The van der Waals surface area contributed by atoms with Crippen molar-refractivity contribution in [3.63, 3.8) is 0 Å². The fourth-order valence-corrected chi connectivity index (χ4v) is 3.12. The van der Waals surface area contributed by atoms with Crippen LogP contribution < -0.4 is 5.73 Å². The molecule has 0 aliphatic heterocycles. The molecule has 0 radical (unpaired) electrons. The van der Waals surface area contributed by atoms with Gasteiger partial charge in [0, 0.05) is 31.4 Å². The fourth-order valence-electron chi connectivity index (χ4n) is 3.12. The first-order valence-corrected chi connectivity index (χ1v) is 7.05. The first kappa shape index (κ1) is 13.6. The third-order valence-corrected chi connectivity index (χ3v) is 4.64. The third kappa shape index (κ3) is 2.94. The Morgan fingerprint density at radius 1 is 1.39 bits per heavy atom. The molecular formula is C15H27N3. The van der Waals surface area contributed by atoms with Gasteiger partial charge in [-0.2, -0.15) is 0 Å². The molecule has 1 aromatic heterocycles. The molecule has 0 saturated heterocycles. The van der Waals surface area contributed by atoms with Crippen molar-refractivity contribution in [3.8, 4) is 0 Å². The van der Waals surface area contributed by atoms with Crippen molar-refractivity contribution in [1.82, 2.24) is 9.55 Å². The third-order valence-electron chi connectivity index (χ3n) is 4.64. The van der Waals surface area contributed by atoms with Crippen molar-refractivity contribution < 1.29 is 0 Å². The highest BCUT2D eigenvalue weighted by Gasteiger charge is 2.36. The maximum absolute atomic E-state index is 6.57. The molecule has 1 aliphatic carbocycles. The van der Waals surface area contributed by atoms with E-state index in [4.69, 9.17) is 5.73 Å². The number of rotatable bonds is 2. The van der Waals surface area contributed by atoms with Crippen LogP contribution in [0.3, 0.4) is 0 Å². The highest BCUT2D eigenvalue weighted by Crippen LogP contribution is 2.41. The molecule has 1 fully saturated rings. The maximum Gasteiger partial charge on any atom is 0.110 e. The van der Waals surface area contributed by atoms with Gasteiger partial charge < -0.3 is 10.3 Å². The normalized spacial score (nSPS) is 29.5. The monoisotopic (exact) mass is 249 g/mol. The van der Waals surface area contributed by atoms with Crippen LogP contribution >= 0.6 is 0 Å². The van der Waals surface area contributed by atoms with Gasteiger partial charge >= 0.3 is 0 Å². The molecule has 1 aliphatic rings. The Labute approximate surface area is 111 Å². The lowest BCUT2D eigenvalue weighted by Crippen LogP contribution is -2.47. The zero-order valence-electron chi connectivity index (χ0n) is 12.2. The summed E-state index contributed by atoms with van der Waals surface area (Å²) in [6.45, 7) is 7.04. The van der Waals surface area contributed by atoms with E-state index in [0.29, 0.717) is 5.41 Å². The number of nitrogens with zero attached hydrogens (tertiary/aromatic N) is 2. The molecule has 1 heterocycles. The van der Waals surface area contributed by atoms with Gasteiger partial charge in [-0.25, -0.2) is 4.98 Å². The van der Waals surface area contributed by atoms with Crippen molar-refractivity contribution in [3.05, 3.63) is 18.2 Å². The summed E-state index contributed by atoms with van der Waals surface area (Å²) in [6, 6.07) is 0. The molecule has 18 heavy (non-hydrogen) atoms. The van der Waals surface area contributed by atoms with E-state index >= 15 is 0 Å². The van der Waals surface area contributed by atoms with Crippen molar-refractivity contribution in [2.45, 2.75) is 58.4 Å². The van der Waals surface area contributed by atoms with Gasteiger partial charge in [-0.15, -0.1) is 0 Å². The zero-order chi connectivity index (χ0) is 13.4. The molecule has 0 atom stereocenters. The summed E-state index contributed by atoms with van der Waals surface area (Å²) in [5.74, 6) is 1.93. The standard InChI is InChI=1S/C15H27N3/c1-14(2,3)12-5-7-15(16,8-6-12)11-13-17-9-10-18(13)4/h9-10,12H,5-8,11,16H2,1-4H3. The highest BCUT2D eigenvalue weighted by atomic mass is 15.0. The van der Waals surface area contributed by atoms with E-state index in [0.717, 1.165) is 31.0 Å². The number of aromatic nitrogens is 2. The van der Waals surface area contributed by atoms with Crippen molar-refractivity contribution in [2.24, 2.45) is 24.1 Å². The number of nitrogens with two attached hydrogens (primary N) is 1. The molecule has 1 aromatic rings. The van der Waals surface area contributed by atoms with Gasteiger partial charge in [0.05, 0.1) is 0 Å². The van der Waals surface area contributed by atoms with Crippen LogP contribution in [0.1, 0.15) is 52.3 Å². The minimum Gasteiger partial charge on any atom is -0.338 e. The van der Waals surface area contributed by atoms with Gasteiger partial charge in [-0.05, 0) is 37.0 Å². The van der Waals surface area contributed by atoms with Gasteiger partial charge in [0.25, 0.3) is 0 Å². The van der Waals surface area contributed by atoms with E-state index in [1.54, 1.807) is 0 Å². The summed E-state index contributed by atoms with van der Waals surface area (Å²) >= 11 is 0. The Bertz CT molecular complexity index is 392. The van der Waals surface area contributed by atoms with Crippen LogP contribution in [0.15, 0.2) is 12.4 Å². The van der Waals surface area contributed by atoms with E-state index in [9.17, 15) is 0 Å². The average Bonchev–Trinajstić information content (AvgIpc) is 2.63. The smallest absolute Gasteiger partial charge is 0.110 e. The van der Waals surface area contributed by atoms with Crippen molar-refractivity contribution >= 4 is 0 Å². The van der Waals surface area contributed by atoms with E-state index in [2.05, 4.69) is 30.3 Å². The summed E-state index contributed by atoms with van der Waals surface area (Å²) in [5.41, 5.74) is 6.95. The van der Waals surface area contributed by atoms with Crippen molar-refractivity contribution in [1.29, 1.82) is 0 Å². The SMILES string of the molecule is Cn1ccnc1CC1(N)CCC(C(C)(C)C)CC1. The van der Waals surface area contributed by atoms with Gasteiger partial charge in [0.2, 0.25) is 0 Å². The number of hydrogen-bond donors (Lipinski definition) is 1. The van der Waals surface area contributed by atoms with E-state index in [1.165, 1.54) is 12.8 Å². The lowest BCUT2D eigenvalue weighted by atomic mass is 9.67. The maximum atomic E-state index is 6.57. The van der Waals surface area contributed by atoms with Crippen LogP contribution in [0.5, 0.6) is 0 Å². The summed E-state index contributed by atoms with van der Waals surface area (Å²) < 4.78 is 2.09. The minimum absolute atomic E-state index is 0.0408. The lowest BCUT2D eigenvalue weighted by Gasteiger charge is -2.42. The van der Waals surface area contributed by atoms with Crippen LogP contribution in [-0.2, 0) is 13.5 Å². The van der Waals surface area contributed by atoms with Crippen molar-refractivity contribution in [2.75, 3.05) is 0 Å².